The van der Waals surface area contributed by atoms with Crippen LogP contribution in [0.15, 0.2) is 18.2 Å². The highest BCUT2D eigenvalue weighted by atomic mass is 35.5. The van der Waals surface area contributed by atoms with E-state index in [9.17, 15) is 0 Å². The quantitative estimate of drug-likeness (QED) is 0.894. The van der Waals surface area contributed by atoms with Crippen molar-refractivity contribution in [2.75, 3.05) is 19.6 Å². The monoisotopic (exact) mass is 298 g/mol. The first kappa shape index (κ1) is 13.7. The van der Waals surface area contributed by atoms with Gasteiger partial charge in [0.25, 0.3) is 0 Å². The van der Waals surface area contributed by atoms with E-state index in [0.29, 0.717) is 0 Å². The number of nitrogens with one attached hydrogen (secondary N) is 1. The minimum absolute atomic E-state index is 0.752. The zero-order valence-electron chi connectivity index (χ0n) is 11.0. The molecule has 4 heteroatoms. The molecule has 0 bridgehead atoms. The van der Waals surface area contributed by atoms with Crippen LogP contribution in [0.5, 0.6) is 0 Å². The molecule has 2 aliphatic rings. The number of likely N-dealkylation sites (tertiary alicyclic amines) is 1. The summed E-state index contributed by atoms with van der Waals surface area (Å²) in [6.07, 6.45) is 4.16. The number of hydrogen-bond acceptors (Lipinski definition) is 2. The first-order valence-electron chi connectivity index (χ1n) is 7.11. The molecule has 1 unspecified atom stereocenters. The van der Waals surface area contributed by atoms with Gasteiger partial charge < -0.3 is 10.2 Å². The molecular weight excluding hydrogens is 279 g/mol. The Kier molecular flexibility index (Phi) is 4.33. The van der Waals surface area contributed by atoms with E-state index in [0.717, 1.165) is 40.7 Å². The molecule has 2 nitrogen and oxygen atoms in total. The highest BCUT2D eigenvalue weighted by molar-refractivity contribution is 6.33. The number of hydrogen-bond donors (Lipinski definition) is 1. The molecule has 1 aliphatic carbocycles. The Balaban J connectivity index is 1.44. The maximum Gasteiger partial charge on any atom is 0.0451 e. The predicted octanol–water partition coefficient (Wildman–Crippen LogP) is 3.57. The molecule has 2 fully saturated rings. The summed E-state index contributed by atoms with van der Waals surface area (Å²) in [5.41, 5.74) is 1.09. The SMILES string of the molecule is Clc1ccc(Cl)c(CNCC2CCN(C3CC3)C2)c1. The molecule has 1 aromatic carbocycles. The summed E-state index contributed by atoms with van der Waals surface area (Å²) < 4.78 is 0. The van der Waals surface area contributed by atoms with Crippen LogP contribution in [0.25, 0.3) is 0 Å². The molecule has 1 aromatic rings. The molecule has 0 amide bonds. The molecule has 1 saturated carbocycles. The second-order valence-corrected chi connectivity index (χ2v) is 6.59. The lowest BCUT2D eigenvalue weighted by atomic mass is 10.1. The molecular formula is C15H20Cl2N2. The number of benzene rings is 1. The van der Waals surface area contributed by atoms with E-state index < -0.39 is 0 Å². The normalized spacial score (nSPS) is 24.0. The first-order chi connectivity index (χ1) is 9.22. The van der Waals surface area contributed by atoms with Crippen molar-refractivity contribution in [3.8, 4) is 0 Å². The maximum atomic E-state index is 6.16. The highest BCUT2D eigenvalue weighted by Crippen LogP contribution is 2.31. The lowest BCUT2D eigenvalue weighted by Gasteiger charge is -2.15. The summed E-state index contributed by atoms with van der Waals surface area (Å²) in [7, 11) is 0. The number of nitrogens with zero attached hydrogens (tertiary/aromatic N) is 1. The molecule has 0 spiro atoms. The smallest absolute Gasteiger partial charge is 0.0451 e. The van der Waals surface area contributed by atoms with Crippen molar-refractivity contribution in [3.63, 3.8) is 0 Å². The topological polar surface area (TPSA) is 15.3 Å². The van der Waals surface area contributed by atoms with Crippen molar-refractivity contribution in [3.05, 3.63) is 33.8 Å². The molecule has 0 radical (unpaired) electrons. The van der Waals surface area contributed by atoms with Gasteiger partial charge in [-0.05, 0) is 62.0 Å². The molecule has 1 aliphatic heterocycles. The van der Waals surface area contributed by atoms with Gasteiger partial charge in [0.15, 0.2) is 0 Å². The summed E-state index contributed by atoms with van der Waals surface area (Å²) in [5, 5.41) is 5.07. The van der Waals surface area contributed by atoms with Crippen LogP contribution in [-0.4, -0.2) is 30.6 Å². The van der Waals surface area contributed by atoms with Crippen molar-refractivity contribution in [2.24, 2.45) is 5.92 Å². The fraction of sp³-hybridized carbons (Fsp3) is 0.600. The highest BCUT2D eigenvalue weighted by Gasteiger charge is 2.33. The first-order valence-corrected chi connectivity index (χ1v) is 7.86. The summed E-state index contributed by atoms with van der Waals surface area (Å²) in [5.74, 6) is 0.790. The van der Waals surface area contributed by atoms with Crippen LogP contribution < -0.4 is 5.32 Å². The van der Waals surface area contributed by atoms with E-state index in [1.807, 2.05) is 18.2 Å². The number of rotatable bonds is 5. The van der Waals surface area contributed by atoms with Crippen molar-refractivity contribution >= 4 is 23.2 Å². The Bertz CT molecular complexity index is 446. The van der Waals surface area contributed by atoms with Crippen LogP contribution in [0.4, 0.5) is 0 Å². The van der Waals surface area contributed by atoms with Crippen LogP contribution >= 0.6 is 23.2 Å². The molecule has 104 valence electrons. The molecule has 1 heterocycles. The number of halogens is 2. The van der Waals surface area contributed by atoms with Crippen LogP contribution in [0.2, 0.25) is 10.0 Å². The molecule has 1 N–H and O–H groups in total. The third-order valence-corrected chi connectivity index (χ3v) is 4.74. The zero-order chi connectivity index (χ0) is 13.2. The van der Waals surface area contributed by atoms with Gasteiger partial charge in [-0.2, -0.15) is 0 Å². The van der Waals surface area contributed by atoms with Gasteiger partial charge in [0.05, 0.1) is 0 Å². The van der Waals surface area contributed by atoms with Crippen molar-refractivity contribution in [1.82, 2.24) is 10.2 Å². The molecule has 3 rings (SSSR count). The lowest BCUT2D eigenvalue weighted by Crippen LogP contribution is -2.27. The van der Waals surface area contributed by atoms with E-state index in [-0.39, 0.29) is 0 Å². The van der Waals surface area contributed by atoms with Crippen LogP contribution in [-0.2, 0) is 6.54 Å². The lowest BCUT2D eigenvalue weighted by molar-refractivity contribution is 0.312. The van der Waals surface area contributed by atoms with Gasteiger partial charge in [-0.15, -0.1) is 0 Å². The Morgan fingerprint density at radius 2 is 2.05 bits per heavy atom. The van der Waals surface area contributed by atoms with Gasteiger partial charge in [0, 0.05) is 29.2 Å². The van der Waals surface area contributed by atoms with Gasteiger partial charge in [-0.1, -0.05) is 23.2 Å². The molecule has 0 aromatic heterocycles. The minimum atomic E-state index is 0.752. The van der Waals surface area contributed by atoms with Gasteiger partial charge in [-0.3, -0.25) is 0 Å². The Hall–Kier alpha value is -0.280. The second-order valence-electron chi connectivity index (χ2n) is 5.75. The summed E-state index contributed by atoms with van der Waals surface area (Å²) >= 11 is 12.1. The van der Waals surface area contributed by atoms with E-state index >= 15 is 0 Å². The molecule has 19 heavy (non-hydrogen) atoms. The average Bonchev–Trinajstić information content (AvgIpc) is 3.14. The largest absolute Gasteiger partial charge is 0.312 e. The molecule has 1 saturated heterocycles. The van der Waals surface area contributed by atoms with Gasteiger partial charge >= 0.3 is 0 Å². The molecule has 1 atom stereocenters. The zero-order valence-corrected chi connectivity index (χ0v) is 12.6. The Morgan fingerprint density at radius 3 is 2.84 bits per heavy atom. The average molecular weight is 299 g/mol. The van der Waals surface area contributed by atoms with Gasteiger partial charge in [0.1, 0.15) is 0 Å². The van der Waals surface area contributed by atoms with Crippen LogP contribution in [0.1, 0.15) is 24.8 Å². The van der Waals surface area contributed by atoms with E-state index in [4.69, 9.17) is 23.2 Å². The fourth-order valence-corrected chi connectivity index (χ4v) is 3.27. The Morgan fingerprint density at radius 1 is 1.21 bits per heavy atom. The fourth-order valence-electron chi connectivity index (χ4n) is 2.89. The third-order valence-electron chi connectivity index (χ3n) is 4.14. The Labute approximate surface area is 125 Å². The van der Waals surface area contributed by atoms with Gasteiger partial charge in [-0.25, -0.2) is 0 Å². The summed E-state index contributed by atoms with van der Waals surface area (Å²) in [4.78, 5) is 2.65. The van der Waals surface area contributed by atoms with Crippen molar-refractivity contribution in [1.29, 1.82) is 0 Å². The second kappa shape index (κ2) is 6.01. The van der Waals surface area contributed by atoms with E-state index in [2.05, 4.69) is 10.2 Å². The maximum absolute atomic E-state index is 6.16. The van der Waals surface area contributed by atoms with Gasteiger partial charge in [0.2, 0.25) is 0 Å². The standard InChI is InChI=1S/C15H20Cl2N2/c16-13-1-4-15(17)12(7-13)9-18-8-11-5-6-19(10-11)14-2-3-14/h1,4,7,11,14,18H,2-3,5-6,8-10H2. The van der Waals surface area contributed by atoms with E-state index in [1.54, 1.807) is 0 Å². The third kappa shape index (κ3) is 3.63. The predicted molar refractivity (Wildman–Crippen MR) is 80.9 cm³/mol. The summed E-state index contributed by atoms with van der Waals surface area (Å²) in [6, 6.07) is 6.55. The van der Waals surface area contributed by atoms with E-state index in [1.165, 1.54) is 32.4 Å². The summed E-state index contributed by atoms with van der Waals surface area (Å²) in [6.45, 7) is 4.43. The minimum Gasteiger partial charge on any atom is -0.312 e. The van der Waals surface area contributed by atoms with Crippen molar-refractivity contribution in [2.45, 2.75) is 31.8 Å². The van der Waals surface area contributed by atoms with Crippen LogP contribution in [0.3, 0.4) is 0 Å². The van der Waals surface area contributed by atoms with Crippen LogP contribution in [0, 0.1) is 5.92 Å². The van der Waals surface area contributed by atoms with Crippen molar-refractivity contribution < 1.29 is 0 Å².